The summed E-state index contributed by atoms with van der Waals surface area (Å²) in [5.74, 6) is 0.470. The first-order valence-electron chi connectivity index (χ1n) is 15.7. The number of halogens is 1. The van der Waals surface area contributed by atoms with Crippen molar-refractivity contribution in [1.82, 2.24) is 10.2 Å². The minimum Gasteiger partial charge on any atom is -0.507 e. The predicted molar refractivity (Wildman–Crippen MR) is 186 cm³/mol. The molecule has 1 amide bonds. The van der Waals surface area contributed by atoms with E-state index in [1.807, 2.05) is 31.2 Å². The lowest BCUT2D eigenvalue weighted by Gasteiger charge is -2.24. The molecule has 0 bridgehead atoms. The van der Waals surface area contributed by atoms with E-state index in [9.17, 15) is 14.7 Å². The van der Waals surface area contributed by atoms with Crippen molar-refractivity contribution in [2.24, 2.45) is 0 Å². The van der Waals surface area contributed by atoms with E-state index in [2.05, 4.69) is 17.1 Å². The molecule has 1 atom stereocenters. The minimum absolute atomic E-state index is 0.101. The Bertz CT molecular complexity index is 1850. The van der Waals surface area contributed by atoms with Gasteiger partial charge in [0.15, 0.2) is 27.3 Å². The summed E-state index contributed by atoms with van der Waals surface area (Å²) in [6.07, 6.45) is 3.00. The highest BCUT2D eigenvalue weighted by Crippen LogP contribution is 2.46. The third-order valence-electron chi connectivity index (χ3n) is 7.76. The van der Waals surface area contributed by atoms with E-state index < -0.39 is 17.7 Å². The van der Waals surface area contributed by atoms with Crippen molar-refractivity contribution in [3.63, 3.8) is 0 Å². The summed E-state index contributed by atoms with van der Waals surface area (Å²) in [5.41, 5.74) is 1.66. The Hall–Kier alpha value is -4.26. The van der Waals surface area contributed by atoms with Gasteiger partial charge in [0.05, 0.1) is 24.8 Å². The van der Waals surface area contributed by atoms with E-state index >= 15 is 0 Å². The van der Waals surface area contributed by atoms with E-state index in [0.717, 1.165) is 24.8 Å². The molecule has 3 heterocycles. The number of benzene rings is 3. The second-order valence-electron chi connectivity index (χ2n) is 11.0. The Balaban J connectivity index is 1.40. The molecule has 2 aliphatic heterocycles. The largest absolute Gasteiger partial charge is 0.507 e. The second kappa shape index (κ2) is 15.3. The summed E-state index contributed by atoms with van der Waals surface area (Å²) >= 11 is 8.94. The van der Waals surface area contributed by atoms with Crippen molar-refractivity contribution in [3.8, 4) is 23.0 Å². The van der Waals surface area contributed by atoms with Crippen LogP contribution in [0.3, 0.4) is 0 Å². The zero-order valence-corrected chi connectivity index (χ0v) is 28.8. The molecule has 250 valence electrons. The number of rotatable bonds is 13. The first-order chi connectivity index (χ1) is 23.4. The number of aliphatic hydroxyl groups excluding tert-OH is 1. The number of nitrogens with zero attached hydrogens (tertiary/aromatic N) is 3. The highest BCUT2D eigenvalue weighted by molar-refractivity contribution is 8.00. The number of ether oxygens (including phenoxy) is 4. The molecule has 48 heavy (non-hydrogen) atoms. The van der Waals surface area contributed by atoms with Crippen LogP contribution in [0.25, 0.3) is 5.76 Å². The predicted octanol–water partition coefficient (Wildman–Crippen LogP) is 7.85. The maximum atomic E-state index is 13.8. The number of hydrogen-bond donors (Lipinski definition) is 1. The van der Waals surface area contributed by atoms with Crippen molar-refractivity contribution in [3.05, 3.63) is 87.9 Å². The number of anilines is 1. The van der Waals surface area contributed by atoms with Gasteiger partial charge in [0, 0.05) is 16.3 Å². The molecule has 0 aliphatic carbocycles. The average Bonchev–Trinajstić information content (AvgIpc) is 3.67. The van der Waals surface area contributed by atoms with E-state index in [1.165, 1.54) is 28.0 Å². The van der Waals surface area contributed by atoms with Gasteiger partial charge in [-0.3, -0.25) is 14.5 Å². The van der Waals surface area contributed by atoms with E-state index in [0.29, 0.717) is 75.7 Å². The van der Waals surface area contributed by atoms with Gasteiger partial charge in [-0.25, -0.2) is 0 Å². The van der Waals surface area contributed by atoms with Gasteiger partial charge in [0.2, 0.25) is 5.13 Å². The van der Waals surface area contributed by atoms with E-state index in [4.69, 9.17) is 30.5 Å². The van der Waals surface area contributed by atoms with Gasteiger partial charge in [0.1, 0.15) is 19.0 Å². The minimum atomic E-state index is -1.04. The molecule has 10 nitrogen and oxygen atoms in total. The highest BCUT2D eigenvalue weighted by Gasteiger charge is 2.48. The van der Waals surface area contributed by atoms with Gasteiger partial charge >= 0.3 is 5.91 Å². The topological polar surface area (TPSA) is 120 Å². The van der Waals surface area contributed by atoms with Gasteiger partial charge in [-0.1, -0.05) is 78.7 Å². The average molecular weight is 708 g/mol. The number of Topliss-reactive ketones (excluding diaryl/α,β-unsaturated/α-hetero) is 1. The number of aliphatic hydroxyl groups is 1. The molecular weight excluding hydrogens is 674 g/mol. The molecule has 1 saturated heterocycles. The first kappa shape index (κ1) is 33.6. The summed E-state index contributed by atoms with van der Waals surface area (Å²) in [4.78, 5) is 28.9. The standard InChI is InChI=1S/C35H34ClN3O7S2/c1-3-5-8-15-44-25-13-11-21(18-27(25)43-4-2)30-29(31(40)22-12-14-26-28(19-22)46-17-16-45-26)32(41)33(42)39(30)34-37-38-35(48-34)47-20-23-9-6-7-10-24(23)36/h6-7,9-14,18-19,30,40H,3-5,8,15-17,20H2,1-2H3/b31-29+. The number of fused-ring (bicyclic) bond motifs is 1. The lowest BCUT2D eigenvalue weighted by atomic mass is 9.95. The maximum Gasteiger partial charge on any atom is 0.301 e. The zero-order valence-electron chi connectivity index (χ0n) is 26.4. The fourth-order valence-corrected chi connectivity index (χ4v) is 7.57. The van der Waals surface area contributed by atoms with Gasteiger partial charge in [0.25, 0.3) is 5.78 Å². The smallest absolute Gasteiger partial charge is 0.301 e. The summed E-state index contributed by atoms with van der Waals surface area (Å²) in [7, 11) is 0. The SMILES string of the molecule is CCCCCOc1ccc(C2/C(=C(\O)c3ccc4c(c3)OCCO4)C(=O)C(=O)N2c2nnc(SCc3ccccc3Cl)s2)cc1OCC. The Kier molecular flexibility index (Phi) is 10.7. The Morgan fingerprint density at radius 1 is 1.00 bits per heavy atom. The van der Waals surface area contributed by atoms with Gasteiger partial charge < -0.3 is 24.1 Å². The van der Waals surface area contributed by atoms with Gasteiger partial charge in [-0.05, 0) is 60.9 Å². The number of carbonyl (C=O) groups excluding carboxylic acids is 2. The van der Waals surface area contributed by atoms with Crippen LogP contribution < -0.4 is 23.8 Å². The number of thioether (sulfide) groups is 1. The molecule has 1 fully saturated rings. The number of ketones is 1. The summed E-state index contributed by atoms with van der Waals surface area (Å²) in [5, 5.41) is 21.2. The van der Waals surface area contributed by atoms with Crippen LogP contribution >= 0.6 is 34.7 Å². The molecule has 6 rings (SSSR count). The molecule has 1 N–H and O–H groups in total. The van der Waals surface area contributed by atoms with Crippen LogP contribution in [0.2, 0.25) is 5.02 Å². The number of unbranched alkanes of at least 4 members (excludes halogenated alkanes) is 2. The van der Waals surface area contributed by atoms with Crippen LogP contribution in [0.4, 0.5) is 5.13 Å². The summed E-state index contributed by atoms with van der Waals surface area (Å²) in [6.45, 7) is 5.64. The Morgan fingerprint density at radius 2 is 1.81 bits per heavy atom. The molecule has 1 unspecified atom stereocenters. The van der Waals surface area contributed by atoms with Crippen LogP contribution in [-0.4, -0.2) is 53.4 Å². The quantitative estimate of drug-likeness (QED) is 0.0367. The Labute approximate surface area is 291 Å². The lowest BCUT2D eigenvalue weighted by Crippen LogP contribution is -2.29. The monoisotopic (exact) mass is 707 g/mol. The van der Waals surface area contributed by atoms with Gasteiger partial charge in [-0.2, -0.15) is 0 Å². The lowest BCUT2D eigenvalue weighted by molar-refractivity contribution is -0.132. The number of amides is 1. The highest BCUT2D eigenvalue weighted by atomic mass is 35.5. The zero-order chi connectivity index (χ0) is 33.6. The number of aromatic nitrogens is 2. The van der Waals surface area contributed by atoms with Crippen molar-refractivity contribution >= 4 is 57.3 Å². The van der Waals surface area contributed by atoms with Gasteiger partial charge in [-0.15, -0.1) is 10.2 Å². The maximum absolute atomic E-state index is 13.8. The van der Waals surface area contributed by atoms with Crippen LogP contribution in [0, 0.1) is 0 Å². The van der Waals surface area contributed by atoms with Crippen LogP contribution in [-0.2, 0) is 15.3 Å². The molecule has 0 saturated carbocycles. The molecule has 3 aromatic carbocycles. The van der Waals surface area contributed by atoms with E-state index in [-0.39, 0.29) is 16.5 Å². The number of carbonyl (C=O) groups is 2. The fraction of sp³-hybridized carbons (Fsp3) is 0.314. The summed E-state index contributed by atoms with van der Waals surface area (Å²) < 4.78 is 23.9. The summed E-state index contributed by atoms with van der Waals surface area (Å²) in [6, 6.07) is 16.7. The third-order valence-corrected chi connectivity index (χ3v) is 10.2. The van der Waals surface area contributed by atoms with Crippen molar-refractivity contribution in [2.45, 2.75) is 49.2 Å². The molecule has 2 aliphatic rings. The molecule has 4 aromatic rings. The third kappa shape index (κ3) is 7.11. The molecular formula is C35H34ClN3O7S2. The van der Waals surface area contributed by atoms with Crippen LogP contribution in [0.1, 0.15) is 55.8 Å². The molecule has 0 spiro atoms. The first-order valence-corrected chi connectivity index (χ1v) is 17.9. The van der Waals surface area contributed by atoms with Crippen molar-refractivity contribution in [2.75, 3.05) is 31.3 Å². The second-order valence-corrected chi connectivity index (χ2v) is 13.5. The van der Waals surface area contributed by atoms with E-state index in [1.54, 1.807) is 36.4 Å². The van der Waals surface area contributed by atoms with Crippen molar-refractivity contribution in [1.29, 1.82) is 0 Å². The van der Waals surface area contributed by atoms with Crippen molar-refractivity contribution < 1.29 is 33.6 Å². The normalized spacial score (nSPS) is 16.7. The fourth-order valence-electron chi connectivity index (χ4n) is 5.42. The molecule has 0 radical (unpaired) electrons. The molecule has 13 heteroatoms. The van der Waals surface area contributed by atoms with Crippen LogP contribution in [0.15, 0.2) is 70.6 Å². The molecule has 1 aromatic heterocycles. The number of hydrogen-bond acceptors (Lipinski definition) is 11. The van der Waals surface area contributed by atoms with Crippen LogP contribution in [0.5, 0.6) is 23.0 Å². The Morgan fingerprint density at radius 3 is 2.60 bits per heavy atom.